The van der Waals surface area contributed by atoms with Crippen LogP contribution in [0, 0.1) is 5.92 Å². The second-order valence-electron chi connectivity index (χ2n) is 7.43. The molecule has 1 aliphatic heterocycles. The lowest BCUT2D eigenvalue weighted by Crippen LogP contribution is -2.05. The van der Waals surface area contributed by atoms with Gasteiger partial charge in [-0.05, 0) is 35.4 Å². The molecule has 1 aliphatic rings. The van der Waals surface area contributed by atoms with Gasteiger partial charge in [0.25, 0.3) is 0 Å². The minimum atomic E-state index is 0.0170. The fourth-order valence-corrected chi connectivity index (χ4v) is 3.48. The first-order valence-corrected chi connectivity index (χ1v) is 10.1. The van der Waals surface area contributed by atoms with Crippen LogP contribution in [-0.4, -0.2) is 24.2 Å². The van der Waals surface area contributed by atoms with Gasteiger partial charge in [0.15, 0.2) is 11.5 Å². The molecule has 1 atom stereocenters. The SMILES string of the molecule is O=C(CCC1CCOC1)c1cc(COCc2ccc(-c3ccccc3)cc2)on1. The molecule has 1 unspecified atom stereocenters. The van der Waals surface area contributed by atoms with E-state index in [9.17, 15) is 4.79 Å². The quantitative estimate of drug-likeness (QED) is 0.477. The Kier molecular flexibility index (Phi) is 6.49. The Balaban J connectivity index is 1.23. The van der Waals surface area contributed by atoms with E-state index >= 15 is 0 Å². The maximum absolute atomic E-state index is 12.3. The summed E-state index contributed by atoms with van der Waals surface area (Å²) in [6.07, 6.45) is 2.36. The summed E-state index contributed by atoms with van der Waals surface area (Å²) in [5, 5.41) is 3.90. The second-order valence-corrected chi connectivity index (χ2v) is 7.43. The maximum Gasteiger partial charge on any atom is 0.184 e. The molecule has 0 saturated carbocycles. The Labute approximate surface area is 170 Å². The molecule has 3 aromatic rings. The van der Waals surface area contributed by atoms with Crippen LogP contribution in [0.25, 0.3) is 11.1 Å². The van der Waals surface area contributed by atoms with Crippen molar-refractivity contribution in [1.82, 2.24) is 5.16 Å². The zero-order valence-electron chi connectivity index (χ0n) is 16.4. The molecule has 5 nitrogen and oxygen atoms in total. The summed E-state index contributed by atoms with van der Waals surface area (Å²) >= 11 is 0. The third-order valence-electron chi connectivity index (χ3n) is 5.22. The smallest absolute Gasteiger partial charge is 0.184 e. The van der Waals surface area contributed by atoms with Crippen molar-refractivity contribution in [3.8, 4) is 11.1 Å². The van der Waals surface area contributed by atoms with Crippen LogP contribution in [0.4, 0.5) is 0 Å². The van der Waals surface area contributed by atoms with Gasteiger partial charge in [0, 0.05) is 25.7 Å². The lowest BCUT2D eigenvalue weighted by Gasteiger charge is -2.05. The van der Waals surface area contributed by atoms with Crippen LogP contribution in [0.2, 0.25) is 0 Å². The molecule has 0 aliphatic carbocycles. The molecule has 4 rings (SSSR count). The predicted octanol–water partition coefficient (Wildman–Crippen LogP) is 5.06. The molecular weight excluding hydrogens is 366 g/mol. The van der Waals surface area contributed by atoms with Gasteiger partial charge in [0.2, 0.25) is 0 Å². The number of nitrogens with zero attached hydrogens (tertiary/aromatic N) is 1. The number of hydrogen-bond acceptors (Lipinski definition) is 5. The Morgan fingerprint density at radius 1 is 1.03 bits per heavy atom. The molecule has 29 heavy (non-hydrogen) atoms. The van der Waals surface area contributed by atoms with E-state index in [0.717, 1.165) is 31.6 Å². The van der Waals surface area contributed by atoms with Gasteiger partial charge in [-0.2, -0.15) is 0 Å². The van der Waals surface area contributed by atoms with E-state index in [1.807, 2.05) is 18.2 Å². The topological polar surface area (TPSA) is 61.6 Å². The normalized spacial score (nSPS) is 16.2. The van der Waals surface area contributed by atoms with Crippen LogP contribution >= 0.6 is 0 Å². The molecule has 0 N–H and O–H groups in total. The number of ketones is 1. The zero-order chi connectivity index (χ0) is 19.9. The number of benzene rings is 2. The fraction of sp³-hybridized carbons (Fsp3) is 0.333. The molecule has 1 saturated heterocycles. The van der Waals surface area contributed by atoms with Gasteiger partial charge in [-0.15, -0.1) is 0 Å². The van der Waals surface area contributed by atoms with Gasteiger partial charge >= 0.3 is 0 Å². The maximum atomic E-state index is 12.3. The van der Waals surface area contributed by atoms with E-state index in [-0.39, 0.29) is 12.4 Å². The average Bonchev–Trinajstić information content (AvgIpc) is 3.46. The summed E-state index contributed by atoms with van der Waals surface area (Å²) in [5.41, 5.74) is 3.84. The molecular formula is C24H25NO4. The van der Waals surface area contributed by atoms with E-state index in [0.29, 0.717) is 30.4 Å². The highest BCUT2D eigenvalue weighted by Crippen LogP contribution is 2.21. The Bertz CT molecular complexity index is 912. The van der Waals surface area contributed by atoms with Gasteiger partial charge in [-0.1, -0.05) is 59.8 Å². The molecule has 2 heterocycles. The highest BCUT2D eigenvalue weighted by Gasteiger charge is 2.19. The Hall–Kier alpha value is -2.76. The van der Waals surface area contributed by atoms with E-state index in [4.69, 9.17) is 14.0 Å². The first kappa shape index (κ1) is 19.6. The number of Topliss-reactive ketones (excluding diaryl/α,β-unsaturated/α-hetero) is 1. The molecule has 1 fully saturated rings. The van der Waals surface area contributed by atoms with Crippen molar-refractivity contribution < 1.29 is 18.8 Å². The first-order chi connectivity index (χ1) is 14.3. The third kappa shape index (κ3) is 5.40. The van der Waals surface area contributed by atoms with E-state index in [2.05, 4.69) is 41.6 Å². The van der Waals surface area contributed by atoms with Crippen molar-refractivity contribution in [3.63, 3.8) is 0 Å². The van der Waals surface area contributed by atoms with E-state index in [1.165, 1.54) is 11.1 Å². The molecule has 0 bridgehead atoms. The molecule has 0 spiro atoms. The van der Waals surface area contributed by atoms with Crippen LogP contribution in [0.5, 0.6) is 0 Å². The van der Waals surface area contributed by atoms with Gasteiger partial charge in [0.1, 0.15) is 12.3 Å². The minimum absolute atomic E-state index is 0.0170. The molecule has 2 aromatic carbocycles. The summed E-state index contributed by atoms with van der Waals surface area (Å²) in [4.78, 5) is 12.3. The highest BCUT2D eigenvalue weighted by molar-refractivity contribution is 5.94. The van der Waals surface area contributed by atoms with Crippen LogP contribution in [0.3, 0.4) is 0 Å². The molecule has 0 amide bonds. The number of rotatable bonds is 9. The van der Waals surface area contributed by atoms with Crippen LogP contribution in [0.1, 0.15) is 41.1 Å². The first-order valence-electron chi connectivity index (χ1n) is 10.1. The Morgan fingerprint density at radius 3 is 2.59 bits per heavy atom. The summed E-state index contributed by atoms with van der Waals surface area (Å²) in [6, 6.07) is 20.3. The minimum Gasteiger partial charge on any atom is -0.381 e. The largest absolute Gasteiger partial charge is 0.381 e. The van der Waals surface area contributed by atoms with E-state index < -0.39 is 0 Å². The molecule has 1 aromatic heterocycles. The predicted molar refractivity (Wildman–Crippen MR) is 109 cm³/mol. The number of carbonyl (C=O) groups is 1. The third-order valence-corrected chi connectivity index (χ3v) is 5.22. The lowest BCUT2D eigenvalue weighted by molar-refractivity contribution is 0.0879. The number of hydrogen-bond donors (Lipinski definition) is 0. The standard InChI is InChI=1S/C24H25NO4/c26-24(11-8-19-12-13-27-15-19)23-14-22(29-25-23)17-28-16-18-6-9-21(10-7-18)20-4-2-1-3-5-20/h1-7,9-10,14,19H,8,11-13,15-17H2. The van der Waals surface area contributed by atoms with Crippen molar-refractivity contribution in [1.29, 1.82) is 0 Å². The summed E-state index contributed by atoms with van der Waals surface area (Å²) in [5.74, 6) is 1.07. The van der Waals surface area contributed by atoms with Gasteiger partial charge < -0.3 is 14.0 Å². The van der Waals surface area contributed by atoms with Gasteiger partial charge in [0.05, 0.1) is 6.61 Å². The van der Waals surface area contributed by atoms with Crippen molar-refractivity contribution in [2.24, 2.45) is 5.92 Å². The van der Waals surface area contributed by atoms with Crippen molar-refractivity contribution in [3.05, 3.63) is 77.7 Å². The van der Waals surface area contributed by atoms with Crippen LogP contribution in [0.15, 0.2) is 65.2 Å². The zero-order valence-corrected chi connectivity index (χ0v) is 16.4. The lowest BCUT2D eigenvalue weighted by atomic mass is 10.00. The number of carbonyl (C=O) groups excluding carboxylic acids is 1. The van der Waals surface area contributed by atoms with Gasteiger partial charge in [-0.3, -0.25) is 4.79 Å². The Morgan fingerprint density at radius 2 is 1.83 bits per heavy atom. The summed E-state index contributed by atoms with van der Waals surface area (Å²) in [7, 11) is 0. The second kappa shape index (κ2) is 9.63. The molecule has 5 heteroatoms. The fourth-order valence-electron chi connectivity index (χ4n) is 3.48. The monoisotopic (exact) mass is 391 g/mol. The highest BCUT2D eigenvalue weighted by atomic mass is 16.5. The van der Waals surface area contributed by atoms with Gasteiger partial charge in [-0.25, -0.2) is 0 Å². The van der Waals surface area contributed by atoms with Crippen molar-refractivity contribution >= 4 is 5.78 Å². The summed E-state index contributed by atoms with van der Waals surface area (Å²) in [6.45, 7) is 2.33. The van der Waals surface area contributed by atoms with Crippen molar-refractivity contribution in [2.45, 2.75) is 32.5 Å². The molecule has 0 radical (unpaired) electrons. The van der Waals surface area contributed by atoms with Crippen LogP contribution in [-0.2, 0) is 22.7 Å². The van der Waals surface area contributed by atoms with Crippen LogP contribution < -0.4 is 0 Å². The number of aromatic nitrogens is 1. The summed E-state index contributed by atoms with van der Waals surface area (Å²) < 4.78 is 16.3. The number of ether oxygens (including phenoxy) is 2. The van der Waals surface area contributed by atoms with Crippen molar-refractivity contribution in [2.75, 3.05) is 13.2 Å². The average molecular weight is 391 g/mol. The van der Waals surface area contributed by atoms with E-state index in [1.54, 1.807) is 6.07 Å². The molecule has 150 valence electrons.